The Bertz CT molecular complexity index is 417. The van der Waals surface area contributed by atoms with Crippen LogP contribution in [0.15, 0.2) is 24.3 Å². The summed E-state index contributed by atoms with van der Waals surface area (Å²) in [6.45, 7) is 3.92. The summed E-state index contributed by atoms with van der Waals surface area (Å²) in [5.41, 5.74) is 2.64. The van der Waals surface area contributed by atoms with Gasteiger partial charge in [-0.2, -0.15) is 11.8 Å². The third-order valence-corrected chi connectivity index (χ3v) is 4.29. The van der Waals surface area contributed by atoms with Crippen LogP contribution in [0.3, 0.4) is 0 Å². The van der Waals surface area contributed by atoms with Gasteiger partial charge in [-0.15, -0.1) is 0 Å². The molecule has 0 spiro atoms. The SMILES string of the molecule is NNC(=O)c1ccc(OCCN2CCCSCC2)cc1. The smallest absolute Gasteiger partial charge is 0.265 e. The Balaban J connectivity index is 1.74. The molecule has 1 aliphatic rings. The Morgan fingerprint density at radius 2 is 2.10 bits per heavy atom. The molecule has 20 heavy (non-hydrogen) atoms. The molecule has 1 heterocycles. The van der Waals surface area contributed by atoms with E-state index in [0.29, 0.717) is 12.2 Å². The minimum Gasteiger partial charge on any atom is -0.492 e. The lowest BCUT2D eigenvalue weighted by Gasteiger charge is -2.19. The van der Waals surface area contributed by atoms with E-state index < -0.39 is 0 Å². The lowest BCUT2D eigenvalue weighted by molar-refractivity contribution is 0.0953. The molecule has 0 radical (unpaired) electrons. The fraction of sp³-hybridized carbons (Fsp3) is 0.500. The van der Waals surface area contributed by atoms with Crippen LogP contribution in [0, 0.1) is 0 Å². The summed E-state index contributed by atoms with van der Waals surface area (Å²) in [5.74, 6) is 8.04. The third kappa shape index (κ3) is 4.70. The van der Waals surface area contributed by atoms with Crippen LogP contribution in [-0.4, -0.2) is 48.6 Å². The van der Waals surface area contributed by atoms with E-state index in [1.54, 1.807) is 24.3 Å². The molecule has 0 unspecified atom stereocenters. The Kier molecular flexibility index (Phi) is 6.17. The van der Waals surface area contributed by atoms with E-state index in [2.05, 4.69) is 10.3 Å². The quantitative estimate of drug-likeness (QED) is 0.484. The molecule has 1 saturated heterocycles. The minimum atomic E-state index is -0.293. The van der Waals surface area contributed by atoms with Crippen LogP contribution in [0.2, 0.25) is 0 Å². The fourth-order valence-electron chi connectivity index (χ4n) is 2.10. The summed E-state index contributed by atoms with van der Waals surface area (Å²) in [7, 11) is 0. The first-order valence-electron chi connectivity index (χ1n) is 6.83. The second kappa shape index (κ2) is 8.14. The molecule has 6 heteroatoms. The number of thioether (sulfide) groups is 1. The molecule has 1 aromatic rings. The van der Waals surface area contributed by atoms with Gasteiger partial charge in [0, 0.05) is 24.4 Å². The molecule has 3 N–H and O–H groups in total. The van der Waals surface area contributed by atoms with Crippen molar-refractivity contribution in [3.63, 3.8) is 0 Å². The number of hydrogen-bond acceptors (Lipinski definition) is 5. The van der Waals surface area contributed by atoms with Gasteiger partial charge in [-0.25, -0.2) is 5.84 Å². The van der Waals surface area contributed by atoms with Gasteiger partial charge in [-0.05, 0) is 43.0 Å². The first-order valence-corrected chi connectivity index (χ1v) is 7.99. The van der Waals surface area contributed by atoms with Crippen LogP contribution in [0.1, 0.15) is 16.8 Å². The maximum atomic E-state index is 11.3. The average molecular weight is 295 g/mol. The number of benzene rings is 1. The zero-order valence-electron chi connectivity index (χ0n) is 11.5. The van der Waals surface area contributed by atoms with Gasteiger partial charge in [0.25, 0.3) is 5.91 Å². The maximum Gasteiger partial charge on any atom is 0.265 e. The molecule has 1 amide bonds. The Morgan fingerprint density at radius 3 is 2.85 bits per heavy atom. The van der Waals surface area contributed by atoms with Gasteiger partial charge < -0.3 is 4.74 Å². The number of nitrogen functional groups attached to an aromatic ring is 1. The highest BCUT2D eigenvalue weighted by atomic mass is 32.2. The molecule has 5 nitrogen and oxygen atoms in total. The zero-order valence-corrected chi connectivity index (χ0v) is 12.3. The number of amides is 1. The van der Waals surface area contributed by atoms with Crippen molar-refractivity contribution in [2.75, 3.05) is 37.7 Å². The highest BCUT2D eigenvalue weighted by Crippen LogP contribution is 2.13. The number of carbonyl (C=O) groups is 1. The average Bonchev–Trinajstić information content (AvgIpc) is 2.76. The number of nitrogens with one attached hydrogen (secondary N) is 1. The van der Waals surface area contributed by atoms with Crippen molar-refractivity contribution in [2.24, 2.45) is 5.84 Å². The maximum absolute atomic E-state index is 11.3. The molecule has 1 aromatic carbocycles. The van der Waals surface area contributed by atoms with Crippen molar-refractivity contribution < 1.29 is 9.53 Å². The van der Waals surface area contributed by atoms with Gasteiger partial charge in [0.2, 0.25) is 0 Å². The fourth-order valence-corrected chi connectivity index (χ4v) is 3.02. The lowest BCUT2D eigenvalue weighted by Crippen LogP contribution is -2.30. The van der Waals surface area contributed by atoms with Gasteiger partial charge in [-0.1, -0.05) is 0 Å². The van der Waals surface area contributed by atoms with Crippen molar-refractivity contribution in [1.29, 1.82) is 0 Å². The van der Waals surface area contributed by atoms with E-state index in [0.717, 1.165) is 25.4 Å². The molecule has 0 bridgehead atoms. The molecule has 1 aliphatic heterocycles. The molecule has 0 atom stereocenters. The van der Waals surface area contributed by atoms with Crippen molar-refractivity contribution in [3.05, 3.63) is 29.8 Å². The van der Waals surface area contributed by atoms with Gasteiger partial charge >= 0.3 is 0 Å². The third-order valence-electron chi connectivity index (χ3n) is 3.24. The van der Waals surface area contributed by atoms with E-state index in [4.69, 9.17) is 10.6 Å². The first kappa shape index (κ1) is 15.2. The summed E-state index contributed by atoms with van der Waals surface area (Å²) < 4.78 is 5.71. The number of nitrogens with two attached hydrogens (primary N) is 1. The van der Waals surface area contributed by atoms with Gasteiger partial charge in [0.1, 0.15) is 12.4 Å². The van der Waals surface area contributed by atoms with E-state index in [1.165, 1.54) is 17.9 Å². The molecule has 0 aromatic heterocycles. The minimum absolute atomic E-state index is 0.293. The predicted molar refractivity (Wildman–Crippen MR) is 82.0 cm³/mol. The Morgan fingerprint density at radius 1 is 1.30 bits per heavy atom. The van der Waals surface area contributed by atoms with E-state index in [9.17, 15) is 4.79 Å². The van der Waals surface area contributed by atoms with Crippen molar-refractivity contribution >= 4 is 17.7 Å². The highest BCUT2D eigenvalue weighted by Gasteiger charge is 2.09. The molecule has 110 valence electrons. The van der Waals surface area contributed by atoms with Crippen LogP contribution < -0.4 is 16.0 Å². The van der Waals surface area contributed by atoms with E-state index in [-0.39, 0.29) is 5.91 Å². The largest absolute Gasteiger partial charge is 0.492 e. The highest BCUT2D eigenvalue weighted by molar-refractivity contribution is 7.99. The van der Waals surface area contributed by atoms with Crippen LogP contribution >= 0.6 is 11.8 Å². The second-order valence-electron chi connectivity index (χ2n) is 4.65. The summed E-state index contributed by atoms with van der Waals surface area (Å²) in [5, 5.41) is 0. The van der Waals surface area contributed by atoms with E-state index >= 15 is 0 Å². The number of nitrogens with zero attached hydrogens (tertiary/aromatic N) is 1. The van der Waals surface area contributed by atoms with Gasteiger partial charge in [-0.3, -0.25) is 15.1 Å². The standard InChI is InChI=1S/C14H21N3O2S/c15-16-14(18)12-2-4-13(5-3-12)19-9-7-17-6-1-10-20-11-8-17/h2-5H,1,6-11,15H2,(H,16,18). The van der Waals surface area contributed by atoms with Gasteiger partial charge in [0.05, 0.1) is 0 Å². The topological polar surface area (TPSA) is 67.6 Å². The second-order valence-corrected chi connectivity index (χ2v) is 5.88. The Labute approximate surface area is 123 Å². The Hall–Kier alpha value is -1.24. The zero-order chi connectivity index (χ0) is 14.2. The van der Waals surface area contributed by atoms with Crippen LogP contribution in [0.5, 0.6) is 5.75 Å². The van der Waals surface area contributed by atoms with Gasteiger partial charge in [0.15, 0.2) is 0 Å². The summed E-state index contributed by atoms with van der Waals surface area (Å²) in [6, 6.07) is 7.01. The normalized spacial score (nSPS) is 16.4. The molecule has 0 saturated carbocycles. The first-order chi connectivity index (χ1) is 9.79. The van der Waals surface area contributed by atoms with E-state index in [1.807, 2.05) is 11.8 Å². The summed E-state index contributed by atoms with van der Waals surface area (Å²) in [6.07, 6.45) is 1.26. The lowest BCUT2D eigenvalue weighted by atomic mass is 10.2. The van der Waals surface area contributed by atoms with Crippen LogP contribution in [0.4, 0.5) is 0 Å². The number of ether oxygens (including phenoxy) is 1. The number of carbonyl (C=O) groups excluding carboxylic acids is 1. The summed E-state index contributed by atoms with van der Waals surface area (Å²) >= 11 is 2.03. The molecular formula is C14H21N3O2S. The van der Waals surface area contributed by atoms with Crippen LogP contribution in [-0.2, 0) is 0 Å². The molecule has 0 aliphatic carbocycles. The molecule has 1 fully saturated rings. The van der Waals surface area contributed by atoms with Crippen molar-refractivity contribution in [3.8, 4) is 5.75 Å². The van der Waals surface area contributed by atoms with Crippen LogP contribution in [0.25, 0.3) is 0 Å². The summed E-state index contributed by atoms with van der Waals surface area (Å²) in [4.78, 5) is 13.7. The monoisotopic (exact) mass is 295 g/mol. The molecule has 2 rings (SSSR count). The van der Waals surface area contributed by atoms with Crippen molar-refractivity contribution in [1.82, 2.24) is 10.3 Å². The number of rotatable bonds is 5. The van der Waals surface area contributed by atoms with Crippen molar-refractivity contribution in [2.45, 2.75) is 6.42 Å². The molecular weight excluding hydrogens is 274 g/mol. The number of hydrazine groups is 1. The predicted octanol–water partition coefficient (Wildman–Crippen LogP) is 1.11. The number of hydrogen-bond donors (Lipinski definition) is 2.